The molecule has 0 bridgehead atoms. The second kappa shape index (κ2) is 7.60. The Balaban J connectivity index is 1.79. The summed E-state index contributed by atoms with van der Waals surface area (Å²) in [5.74, 6) is 0.772. The Morgan fingerprint density at radius 3 is 1.85 bits per heavy atom. The number of rotatable bonds is 4. The molecule has 5 nitrogen and oxygen atoms in total. The Kier molecular flexibility index (Phi) is 4.86. The maximum Gasteiger partial charge on any atom is 0.226 e. The first-order valence-corrected chi connectivity index (χ1v) is 10.4. The molecule has 0 amide bonds. The molecule has 134 valence electrons. The third kappa shape index (κ3) is 3.69. The van der Waals surface area contributed by atoms with Crippen LogP contribution in [0.5, 0.6) is 0 Å². The molecule has 0 saturated carbocycles. The van der Waals surface area contributed by atoms with E-state index >= 15 is 0 Å². The first-order chi connectivity index (χ1) is 13.3. The van der Waals surface area contributed by atoms with Gasteiger partial charge in [-0.25, -0.2) is 9.74 Å². The molecular formula is C21H20N5P. The predicted octanol–water partition coefficient (Wildman–Crippen LogP) is 3.23. The fraction of sp³-hybridized carbons (Fsp3) is 0.0476. The van der Waals surface area contributed by atoms with Crippen molar-refractivity contribution in [2.24, 2.45) is 20.5 Å². The lowest BCUT2D eigenvalue weighted by Gasteiger charge is -2.29. The summed E-state index contributed by atoms with van der Waals surface area (Å²) in [6, 6.07) is 30.4. The van der Waals surface area contributed by atoms with Gasteiger partial charge < -0.3 is 10.8 Å². The average molecular weight is 373 g/mol. The largest absolute Gasteiger partial charge is 0.368 e. The molecule has 3 aromatic carbocycles. The first kappa shape index (κ1) is 17.3. The van der Waals surface area contributed by atoms with Crippen LogP contribution in [-0.2, 0) is 6.54 Å². The van der Waals surface area contributed by atoms with Gasteiger partial charge in [0, 0.05) is 10.6 Å². The van der Waals surface area contributed by atoms with E-state index in [2.05, 4.69) is 39.3 Å². The van der Waals surface area contributed by atoms with E-state index in [1.807, 2.05) is 66.7 Å². The van der Waals surface area contributed by atoms with Crippen LogP contribution in [-0.4, -0.2) is 11.9 Å². The zero-order valence-electron chi connectivity index (χ0n) is 14.7. The van der Waals surface area contributed by atoms with Crippen molar-refractivity contribution in [1.82, 2.24) is 5.09 Å². The Morgan fingerprint density at radius 2 is 1.30 bits per heavy atom. The van der Waals surface area contributed by atoms with Gasteiger partial charge in [0.25, 0.3) is 0 Å². The molecule has 3 N–H and O–H groups in total. The maximum atomic E-state index is 6.13. The lowest BCUT2D eigenvalue weighted by atomic mass is 10.2. The van der Waals surface area contributed by atoms with Gasteiger partial charge in [-0.3, -0.25) is 0 Å². The average Bonchev–Trinajstić information content (AvgIpc) is 2.74. The van der Waals surface area contributed by atoms with Crippen LogP contribution in [0, 0.1) is 0 Å². The van der Waals surface area contributed by atoms with Crippen LogP contribution >= 0.6 is 7.21 Å². The van der Waals surface area contributed by atoms with Gasteiger partial charge in [0.2, 0.25) is 11.9 Å². The second-order valence-electron chi connectivity index (χ2n) is 6.11. The van der Waals surface area contributed by atoms with Crippen molar-refractivity contribution in [2.75, 3.05) is 0 Å². The minimum Gasteiger partial charge on any atom is -0.368 e. The smallest absolute Gasteiger partial charge is 0.226 e. The highest BCUT2D eigenvalue weighted by Gasteiger charge is 2.29. The summed E-state index contributed by atoms with van der Waals surface area (Å²) in [5, 5.41) is 5.70. The number of nitrogens with two attached hydrogens (primary N) is 1. The molecule has 0 saturated heterocycles. The van der Waals surface area contributed by atoms with Crippen LogP contribution in [0.4, 0.5) is 0 Å². The number of nitrogens with one attached hydrogen (secondary N) is 1. The van der Waals surface area contributed by atoms with E-state index in [9.17, 15) is 0 Å². The van der Waals surface area contributed by atoms with Gasteiger partial charge in [0.05, 0.1) is 6.54 Å². The molecule has 3 aromatic rings. The molecule has 1 heterocycles. The molecular weight excluding hydrogens is 353 g/mol. The van der Waals surface area contributed by atoms with Crippen LogP contribution in [0.15, 0.2) is 106 Å². The van der Waals surface area contributed by atoms with Gasteiger partial charge in [-0.1, -0.05) is 91.0 Å². The highest BCUT2D eigenvalue weighted by Crippen LogP contribution is 2.44. The molecule has 6 heteroatoms. The van der Waals surface area contributed by atoms with E-state index in [1.54, 1.807) is 0 Å². The number of nitrogens with zero attached hydrogens (tertiary/aromatic N) is 3. The SMILES string of the molecule is NC1=NC(=NCc2ccccc2)NP(c2ccccc2)(c2ccccc2)=N1. The summed E-state index contributed by atoms with van der Waals surface area (Å²) in [6.07, 6.45) is 0. The topological polar surface area (TPSA) is 75.1 Å². The summed E-state index contributed by atoms with van der Waals surface area (Å²) in [6.45, 7) is 0.531. The van der Waals surface area contributed by atoms with Crippen LogP contribution in [0.3, 0.4) is 0 Å². The minimum atomic E-state index is -2.34. The summed E-state index contributed by atoms with van der Waals surface area (Å²) >= 11 is 0. The number of hydrogen-bond donors (Lipinski definition) is 2. The van der Waals surface area contributed by atoms with E-state index in [-0.39, 0.29) is 5.96 Å². The standard InChI is InChI=1S/C21H20N5P/c22-20-24-21(23-16-17-10-4-1-5-11-17)26-27(25-20,18-12-6-2-7-13-18)19-14-8-3-9-15-19/h1-15H,16H2,(H3,22,23,24,26). The van der Waals surface area contributed by atoms with Crippen LogP contribution < -0.4 is 21.4 Å². The highest BCUT2D eigenvalue weighted by atomic mass is 31.2. The Morgan fingerprint density at radius 1 is 0.778 bits per heavy atom. The van der Waals surface area contributed by atoms with E-state index < -0.39 is 7.21 Å². The number of guanidine groups is 2. The number of hydrogen-bond acceptors (Lipinski definition) is 3. The van der Waals surface area contributed by atoms with Gasteiger partial charge in [-0.15, -0.1) is 0 Å². The first-order valence-electron chi connectivity index (χ1n) is 8.71. The summed E-state index contributed by atoms with van der Waals surface area (Å²) in [5.41, 5.74) is 7.25. The summed E-state index contributed by atoms with van der Waals surface area (Å²) in [4.78, 5) is 8.99. The van der Waals surface area contributed by atoms with Gasteiger partial charge in [-0.2, -0.15) is 4.99 Å². The molecule has 4 rings (SSSR count). The predicted molar refractivity (Wildman–Crippen MR) is 114 cm³/mol. The van der Waals surface area contributed by atoms with E-state index in [4.69, 9.17) is 10.5 Å². The van der Waals surface area contributed by atoms with Crippen LogP contribution in [0.25, 0.3) is 0 Å². The van der Waals surface area contributed by atoms with E-state index in [1.165, 1.54) is 0 Å². The summed E-state index contributed by atoms with van der Waals surface area (Å²) in [7, 11) is -2.34. The molecule has 0 unspecified atom stereocenters. The Hall–Kier alpha value is -3.17. The third-order valence-corrected chi connectivity index (χ3v) is 7.37. The lowest BCUT2D eigenvalue weighted by Crippen LogP contribution is -2.36. The van der Waals surface area contributed by atoms with Crippen molar-refractivity contribution in [2.45, 2.75) is 6.54 Å². The van der Waals surface area contributed by atoms with Crippen molar-refractivity contribution >= 4 is 29.7 Å². The van der Waals surface area contributed by atoms with Crippen LogP contribution in [0.2, 0.25) is 0 Å². The Bertz CT molecular complexity index is 984. The number of aliphatic imine (C=N–C) groups is 2. The zero-order chi connectivity index (χ0) is 18.5. The van der Waals surface area contributed by atoms with Crippen LogP contribution in [0.1, 0.15) is 5.56 Å². The third-order valence-electron chi connectivity index (χ3n) is 4.25. The van der Waals surface area contributed by atoms with Gasteiger partial charge in [0.1, 0.15) is 7.21 Å². The van der Waals surface area contributed by atoms with E-state index in [0.29, 0.717) is 12.5 Å². The molecule has 0 aliphatic carbocycles. The van der Waals surface area contributed by atoms with Crippen molar-refractivity contribution in [1.29, 1.82) is 0 Å². The van der Waals surface area contributed by atoms with E-state index in [0.717, 1.165) is 16.2 Å². The zero-order valence-corrected chi connectivity index (χ0v) is 15.6. The summed E-state index contributed by atoms with van der Waals surface area (Å²) < 4.78 is 4.81. The van der Waals surface area contributed by atoms with Gasteiger partial charge >= 0.3 is 0 Å². The van der Waals surface area contributed by atoms with Gasteiger partial charge in [0.15, 0.2) is 0 Å². The van der Waals surface area contributed by atoms with Gasteiger partial charge in [-0.05, 0) is 5.56 Å². The molecule has 0 atom stereocenters. The van der Waals surface area contributed by atoms with Crippen molar-refractivity contribution < 1.29 is 0 Å². The van der Waals surface area contributed by atoms with Crippen molar-refractivity contribution in [3.8, 4) is 0 Å². The number of benzene rings is 3. The fourth-order valence-corrected chi connectivity index (χ4v) is 5.79. The lowest BCUT2D eigenvalue weighted by molar-refractivity contribution is 1.04. The quantitative estimate of drug-likeness (QED) is 0.689. The monoisotopic (exact) mass is 373 g/mol. The maximum absolute atomic E-state index is 6.13. The fourth-order valence-electron chi connectivity index (χ4n) is 2.98. The molecule has 27 heavy (non-hydrogen) atoms. The molecule has 0 aromatic heterocycles. The molecule has 0 spiro atoms. The Labute approximate surface area is 158 Å². The molecule has 1 aliphatic rings. The highest BCUT2D eigenvalue weighted by molar-refractivity contribution is 7.80. The normalized spacial score (nSPS) is 16.9. The minimum absolute atomic E-state index is 0.251. The molecule has 0 radical (unpaired) electrons. The second-order valence-corrected chi connectivity index (χ2v) is 8.84. The molecule has 1 aliphatic heterocycles. The molecule has 0 fully saturated rings. The van der Waals surface area contributed by atoms with Crippen molar-refractivity contribution in [3.05, 3.63) is 96.6 Å². The van der Waals surface area contributed by atoms with Crippen molar-refractivity contribution in [3.63, 3.8) is 0 Å².